The van der Waals surface area contributed by atoms with Crippen molar-refractivity contribution in [3.8, 4) is 5.69 Å². The maximum absolute atomic E-state index is 12.8. The van der Waals surface area contributed by atoms with E-state index in [4.69, 9.17) is 0 Å². The number of urea groups is 1. The number of nitrogens with zero attached hydrogens (tertiary/aromatic N) is 3. The van der Waals surface area contributed by atoms with E-state index in [9.17, 15) is 4.79 Å². The molecule has 0 bridgehead atoms. The summed E-state index contributed by atoms with van der Waals surface area (Å²) in [5.41, 5.74) is 2.70. The number of carbonyl (C=O) groups excluding carboxylic acids is 1. The maximum atomic E-state index is 12.8. The summed E-state index contributed by atoms with van der Waals surface area (Å²) in [6, 6.07) is 19.4. The van der Waals surface area contributed by atoms with Crippen LogP contribution in [0.15, 0.2) is 73.1 Å². The number of carbonyl (C=O) groups is 1. The van der Waals surface area contributed by atoms with Crippen LogP contribution in [0.25, 0.3) is 5.69 Å². The molecule has 3 rings (SSSR count). The monoisotopic (exact) mass is 334 g/mol. The summed E-state index contributed by atoms with van der Waals surface area (Å²) < 4.78 is 1.75. The molecule has 0 saturated heterocycles. The minimum absolute atomic E-state index is 0.106. The molecule has 0 aliphatic carbocycles. The Labute approximate surface area is 147 Å². The van der Waals surface area contributed by atoms with Crippen molar-refractivity contribution in [2.75, 3.05) is 11.9 Å². The molecule has 2 amide bonds. The Morgan fingerprint density at radius 2 is 1.84 bits per heavy atom. The zero-order valence-corrected chi connectivity index (χ0v) is 14.3. The van der Waals surface area contributed by atoms with Crippen molar-refractivity contribution in [3.63, 3.8) is 0 Å². The molecule has 0 fully saturated rings. The van der Waals surface area contributed by atoms with Gasteiger partial charge in [0.2, 0.25) is 0 Å². The number of aromatic nitrogens is 2. The van der Waals surface area contributed by atoms with Gasteiger partial charge >= 0.3 is 6.03 Å². The minimum atomic E-state index is -0.106. The molecule has 0 atom stereocenters. The second kappa shape index (κ2) is 8.15. The van der Waals surface area contributed by atoms with Gasteiger partial charge in [-0.15, -0.1) is 0 Å². The van der Waals surface area contributed by atoms with Crippen LogP contribution in [0, 0.1) is 0 Å². The first-order valence-corrected chi connectivity index (χ1v) is 8.47. The quantitative estimate of drug-likeness (QED) is 0.730. The Kier molecular flexibility index (Phi) is 5.46. The summed E-state index contributed by atoms with van der Waals surface area (Å²) >= 11 is 0. The van der Waals surface area contributed by atoms with Gasteiger partial charge in [-0.05, 0) is 30.2 Å². The van der Waals surface area contributed by atoms with Gasteiger partial charge in [0.15, 0.2) is 0 Å². The van der Waals surface area contributed by atoms with E-state index >= 15 is 0 Å². The van der Waals surface area contributed by atoms with Gasteiger partial charge in [0.05, 0.1) is 11.4 Å². The Morgan fingerprint density at radius 1 is 1.08 bits per heavy atom. The van der Waals surface area contributed by atoms with Crippen LogP contribution in [0.3, 0.4) is 0 Å². The summed E-state index contributed by atoms with van der Waals surface area (Å²) in [7, 11) is 0. The van der Waals surface area contributed by atoms with Crippen molar-refractivity contribution in [2.24, 2.45) is 0 Å². The number of hydrogen-bond donors (Lipinski definition) is 1. The van der Waals surface area contributed by atoms with Crippen LogP contribution in [0.5, 0.6) is 0 Å². The van der Waals surface area contributed by atoms with Gasteiger partial charge in [-0.3, -0.25) is 0 Å². The van der Waals surface area contributed by atoms with Gasteiger partial charge in [-0.1, -0.05) is 49.4 Å². The fourth-order valence-electron chi connectivity index (χ4n) is 2.71. The van der Waals surface area contributed by atoms with Crippen molar-refractivity contribution in [2.45, 2.75) is 19.9 Å². The van der Waals surface area contributed by atoms with Crippen LogP contribution in [-0.4, -0.2) is 27.3 Å². The van der Waals surface area contributed by atoms with E-state index < -0.39 is 0 Å². The normalized spacial score (nSPS) is 10.4. The lowest BCUT2D eigenvalue weighted by molar-refractivity contribution is 0.209. The number of para-hydroxylation sites is 2. The predicted molar refractivity (Wildman–Crippen MR) is 99.7 cm³/mol. The third-order valence-corrected chi connectivity index (χ3v) is 3.89. The molecule has 0 unspecified atom stereocenters. The topological polar surface area (TPSA) is 50.2 Å². The molecular formula is C20H22N4O. The van der Waals surface area contributed by atoms with E-state index in [-0.39, 0.29) is 6.03 Å². The second-order valence-electron chi connectivity index (χ2n) is 5.81. The molecule has 0 radical (unpaired) electrons. The highest BCUT2D eigenvalue weighted by Gasteiger charge is 2.15. The molecule has 0 aliphatic heterocycles. The average Bonchev–Trinajstić information content (AvgIpc) is 3.17. The first-order chi connectivity index (χ1) is 12.3. The lowest BCUT2D eigenvalue weighted by Crippen LogP contribution is -2.35. The zero-order valence-electron chi connectivity index (χ0n) is 14.3. The number of hydrogen-bond acceptors (Lipinski definition) is 2. The Balaban J connectivity index is 1.78. The standard InChI is InChI=1S/C20H22N4O/c1-2-14-23(16-17-9-4-3-5-10-17)20(25)22-18-11-6-7-12-19(18)24-15-8-13-21-24/h3-13,15H,2,14,16H2,1H3,(H,22,25). The lowest BCUT2D eigenvalue weighted by Gasteiger charge is -2.23. The van der Waals surface area contributed by atoms with Crippen molar-refractivity contribution in [1.29, 1.82) is 0 Å². The molecule has 5 heteroatoms. The van der Waals surface area contributed by atoms with Crippen LogP contribution in [0.1, 0.15) is 18.9 Å². The highest BCUT2D eigenvalue weighted by Crippen LogP contribution is 2.20. The summed E-state index contributed by atoms with van der Waals surface area (Å²) in [4.78, 5) is 14.6. The van der Waals surface area contributed by atoms with Crippen molar-refractivity contribution in [3.05, 3.63) is 78.6 Å². The Hall–Kier alpha value is -3.08. The van der Waals surface area contributed by atoms with Crippen LogP contribution in [-0.2, 0) is 6.54 Å². The molecule has 1 N–H and O–H groups in total. The maximum Gasteiger partial charge on any atom is 0.322 e. The molecule has 0 saturated carbocycles. The molecular weight excluding hydrogens is 312 g/mol. The fraction of sp³-hybridized carbons (Fsp3) is 0.200. The predicted octanol–water partition coefficient (Wildman–Crippen LogP) is 4.32. The molecule has 0 spiro atoms. The van der Waals surface area contributed by atoms with Gasteiger partial charge in [-0.2, -0.15) is 5.10 Å². The minimum Gasteiger partial charge on any atom is -0.320 e. The Morgan fingerprint density at radius 3 is 2.56 bits per heavy atom. The van der Waals surface area contributed by atoms with Crippen LogP contribution >= 0.6 is 0 Å². The first kappa shape index (κ1) is 16.8. The molecule has 5 nitrogen and oxygen atoms in total. The van der Waals surface area contributed by atoms with Crippen LogP contribution < -0.4 is 5.32 Å². The molecule has 128 valence electrons. The van der Waals surface area contributed by atoms with E-state index in [1.54, 1.807) is 10.9 Å². The van der Waals surface area contributed by atoms with Crippen LogP contribution in [0.2, 0.25) is 0 Å². The smallest absolute Gasteiger partial charge is 0.320 e. The van der Waals surface area contributed by atoms with Gasteiger partial charge in [-0.25, -0.2) is 9.48 Å². The van der Waals surface area contributed by atoms with Crippen molar-refractivity contribution >= 4 is 11.7 Å². The van der Waals surface area contributed by atoms with E-state index in [2.05, 4.69) is 17.3 Å². The number of amides is 2. The lowest BCUT2D eigenvalue weighted by atomic mass is 10.2. The molecule has 2 aromatic carbocycles. The molecule has 3 aromatic rings. The number of rotatable bonds is 6. The molecule has 25 heavy (non-hydrogen) atoms. The van der Waals surface area contributed by atoms with Gasteiger partial charge in [0, 0.05) is 25.5 Å². The van der Waals surface area contributed by atoms with E-state index in [1.165, 1.54) is 0 Å². The van der Waals surface area contributed by atoms with E-state index in [0.717, 1.165) is 23.4 Å². The Bertz CT molecular complexity index is 800. The highest BCUT2D eigenvalue weighted by atomic mass is 16.2. The van der Waals surface area contributed by atoms with E-state index in [0.29, 0.717) is 13.1 Å². The fourth-order valence-corrected chi connectivity index (χ4v) is 2.71. The van der Waals surface area contributed by atoms with Gasteiger partial charge < -0.3 is 10.2 Å². The highest BCUT2D eigenvalue weighted by molar-refractivity contribution is 5.91. The number of anilines is 1. The number of nitrogens with one attached hydrogen (secondary N) is 1. The van der Waals surface area contributed by atoms with Gasteiger partial charge in [0.25, 0.3) is 0 Å². The molecule has 1 heterocycles. The summed E-state index contributed by atoms with van der Waals surface area (Å²) in [5, 5.41) is 7.29. The largest absolute Gasteiger partial charge is 0.322 e. The van der Waals surface area contributed by atoms with Gasteiger partial charge in [0.1, 0.15) is 0 Å². The summed E-state index contributed by atoms with van der Waals surface area (Å²) in [6.45, 7) is 3.36. The molecule has 1 aromatic heterocycles. The second-order valence-corrected chi connectivity index (χ2v) is 5.81. The zero-order chi connectivity index (χ0) is 17.5. The van der Waals surface area contributed by atoms with Crippen LogP contribution in [0.4, 0.5) is 10.5 Å². The summed E-state index contributed by atoms with van der Waals surface area (Å²) in [6.07, 6.45) is 4.48. The third-order valence-electron chi connectivity index (χ3n) is 3.89. The van der Waals surface area contributed by atoms with E-state index in [1.807, 2.05) is 71.8 Å². The van der Waals surface area contributed by atoms with Crippen molar-refractivity contribution in [1.82, 2.24) is 14.7 Å². The SMILES string of the molecule is CCCN(Cc1ccccc1)C(=O)Nc1ccccc1-n1cccn1. The van der Waals surface area contributed by atoms with Crippen molar-refractivity contribution < 1.29 is 4.79 Å². The average molecular weight is 334 g/mol. The summed E-state index contributed by atoms with van der Waals surface area (Å²) in [5.74, 6) is 0. The molecule has 0 aliphatic rings. The third kappa shape index (κ3) is 4.26. The first-order valence-electron chi connectivity index (χ1n) is 8.47. The number of benzene rings is 2.